The zero-order valence-electron chi connectivity index (χ0n) is 22.2. The van der Waals surface area contributed by atoms with Crippen LogP contribution in [0.25, 0.3) is 22.3 Å². The molecule has 3 amide bonds. The lowest BCUT2D eigenvalue weighted by Crippen LogP contribution is -2.22. The molecule has 40 heavy (non-hydrogen) atoms. The molecule has 0 aliphatic rings. The molecule has 0 saturated carbocycles. The number of hydrogen-bond acceptors (Lipinski definition) is 6. The molecular weight excluding hydrogens is 515 g/mol. The van der Waals surface area contributed by atoms with E-state index in [0.717, 1.165) is 22.7 Å². The Balaban J connectivity index is 1.33. The van der Waals surface area contributed by atoms with Crippen molar-refractivity contribution in [3.05, 3.63) is 73.1 Å². The van der Waals surface area contributed by atoms with Crippen LogP contribution in [0.4, 0.5) is 26.4 Å². The van der Waals surface area contributed by atoms with Gasteiger partial charge in [0, 0.05) is 37.0 Å². The molecule has 11 nitrogen and oxygen atoms in total. The molecule has 204 valence electrons. The van der Waals surface area contributed by atoms with Gasteiger partial charge in [-0.2, -0.15) is 5.10 Å². The van der Waals surface area contributed by atoms with Crippen LogP contribution in [-0.2, 0) is 10.3 Å². The normalized spacial score (nSPS) is 11.3. The molecule has 0 aliphatic carbocycles. The number of anilines is 3. The summed E-state index contributed by atoms with van der Waals surface area (Å²) in [5, 5.41) is 12.6. The lowest BCUT2D eigenvalue weighted by molar-refractivity contribution is -0.114. The fourth-order valence-electron chi connectivity index (χ4n) is 3.90. The predicted octanol–water partition coefficient (Wildman–Crippen LogP) is 6.11. The summed E-state index contributed by atoms with van der Waals surface area (Å²) in [7, 11) is 0. The van der Waals surface area contributed by atoms with Crippen LogP contribution in [0.5, 0.6) is 11.5 Å². The van der Waals surface area contributed by atoms with E-state index in [-0.39, 0.29) is 22.9 Å². The fourth-order valence-corrected chi connectivity index (χ4v) is 3.90. The van der Waals surface area contributed by atoms with Crippen molar-refractivity contribution >= 4 is 40.2 Å². The van der Waals surface area contributed by atoms with Crippen molar-refractivity contribution in [1.29, 1.82) is 0 Å². The van der Waals surface area contributed by atoms with Gasteiger partial charge in [0.15, 0.2) is 0 Å². The number of rotatable bonds is 6. The molecule has 5 aromatic rings. The summed E-state index contributed by atoms with van der Waals surface area (Å²) in [6.07, 6.45) is 4.81. The van der Waals surface area contributed by atoms with Crippen molar-refractivity contribution < 1.29 is 18.7 Å². The summed E-state index contributed by atoms with van der Waals surface area (Å²) >= 11 is 0. The van der Waals surface area contributed by atoms with E-state index in [0.29, 0.717) is 22.9 Å². The Morgan fingerprint density at radius 2 is 1.73 bits per heavy atom. The predicted molar refractivity (Wildman–Crippen MR) is 150 cm³/mol. The first kappa shape index (κ1) is 26.4. The van der Waals surface area contributed by atoms with Gasteiger partial charge < -0.3 is 25.7 Å². The zero-order valence-corrected chi connectivity index (χ0v) is 22.2. The number of halogens is 1. The van der Waals surface area contributed by atoms with Crippen LogP contribution in [0.1, 0.15) is 27.7 Å². The molecule has 0 unspecified atom stereocenters. The van der Waals surface area contributed by atoms with Crippen molar-refractivity contribution in [2.45, 2.75) is 33.2 Å². The lowest BCUT2D eigenvalue weighted by Gasteiger charge is -2.18. The maximum atomic E-state index is 14.9. The summed E-state index contributed by atoms with van der Waals surface area (Å²) in [5.41, 5.74) is 3.03. The van der Waals surface area contributed by atoms with Gasteiger partial charge >= 0.3 is 6.03 Å². The maximum absolute atomic E-state index is 14.9. The van der Waals surface area contributed by atoms with Gasteiger partial charge in [0.25, 0.3) is 0 Å². The monoisotopic (exact) mass is 542 g/mol. The van der Waals surface area contributed by atoms with Crippen molar-refractivity contribution in [3.8, 4) is 22.8 Å². The second-order valence-corrected chi connectivity index (χ2v) is 10.0. The number of imidazole rings is 1. The van der Waals surface area contributed by atoms with Gasteiger partial charge in [-0.25, -0.2) is 19.2 Å². The number of carbonyl (C=O) groups is 2. The largest absolute Gasteiger partial charge is 0.457 e. The second kappa shape index (κ2) is 10.5. The number of urea groups is 1. The molecule has 3 heterocycles. The number of amides is 3. The molecule has 4 N–H and O–H groups in total. The molecule has 0 bridgehead atoms. The first-order valence-electron chi connectivity index (χ1n) is 12.4. The number of H-pyrrole nitrogens is 1. The van der Waals surface area contributed by atoms with E-state index in [1.54, 1.807) is 23.3 Å². The smallest absolute Gasteiger partial charge is 0.323 e. The molecule has 0 atom stereocenters. The number of aromatic amines is 1. The van der Waals surface area contributed by atoms with Crippen LogP contribution >= 0.6 is 0 Å². The summed E-state index contributed by atoms with van der Waals surface area (Å²) < 4.78 is 22.4. The van der Waals surface area contributed by atoms with Gasteiger partial charge in [0.1, 0.15) is 28.8 Å². The van der Waals surface area contributed by atoms with E-state index < -0.39 is 11.8 Å². The topological polar surface area (TPSA) is 139 Å². The van der Waals surface area contributed by atoms with Gasteiger partial charge in [0.05, 0.1) is 34.3 Å². The van der Waals surface area contributed by atoms with E-state index in [2.05, 4.69) is 30.9 Å². The summed E-state index contributed by atoms with van der Waals surface area (Å²) in [5.74, 6) is -0.114. The molecule has 0 spiro atoms. The molecule has 0 saturated heterocycles. The van der Waals surface area contributed by atoms with Crippen molar-refractivity contribution in [1.82, 2.24) is 24.7 Å². The van der Waals surface area contributed by atoms with Crippen LogP contribution in [0.2, 0.25) is 0 Å². The lowest BCUT2D eigenvalue weighted by atomic mass is 10.1. The van der Waals surface area contributed by atoms with Crippen molar-refractivity contribution in [2.75, 3.05) is 16.0 Å². The quantitative estimate of drug-likeness (QED) is 0.204. The standard InChI is InChI=1S/C28H27FN8O3/c1-16(38)33-25-13-19(9-10-30-25)40-18-6-8-21(20(29)12-18)34-27(39)35-24-14-37(28(2,3)4)36-26(24)17-5-7-22-23(11-17)32-15-31-22/h5-15H,1-4H3,(H,31,32)(H,30,33,38)(H2,34,35,39). The Morgan fingerprint density at radius 3 is 2.48 bits per heavy atom. The van der Waals surface area contributed by atoms with Gasteiger partial charge in [-0.3, -0.25) is 9.48 Å². The first-order valence-corrected chi connectivity index (χ1v) is 12.4. The number of hydrogen-bond donors (Lipinski definition) is 4. The summed E-state index contributed by atoms with van der Waals surface area (Å²) in [6.45, 7) is 7.35. The number of pyridine rings is 1. The van der Waals surface area contributed by atoms with E-state index in [4.69, 9.17) is 9.84 Å². The number of carbonyl (C=O) groups excluding carboxylic acids is 2. The van der Waals surface area contributed by atoms with Crippen LogP contribution in [0.15, 0.2) is 67.3 Å². The minimum absolute atomic E-state index is 0.0405. The molecule has 5 rings (SSSR count). The fraction of sp³-hybridized carbons (Fsp3) is 0.179. The highest BCUT2D eigenvalue weighted by molar-refractivity contribution is 6.02. The number of nitrogens with zero attached hydrogens (tertiary/aromatic N) is 4. The number of aromatic nitrogens is 5. The third-order valence-corrected chi connectivity index (χ3v) is 5.80. The van der Waals surface area contributed by atoms with Gasteiger partial charge in [-0.15, -0.1) is 0 Å². The maximum Gasteiger partial charge on any atom is 0.323 e. The number of fused-ring (bicyclic) bond motifs is 1. The first-order chi connectivity index (χ1) is 19.0. The average molecular weight is 543 g/mol. The highest BCUT2D eigenvalue weighted by atomic mass is 19.1. The Labute approximate surface area is 228 Å². The third kappa shape index (κ3) is 5.90. The van der Waals surface area contributed by atoms with E-state index in [1.165, 1.54) is 31.3 Å². The summed E-state index contributed by atoms with van der Waals surface area (Å²) in [6, 6.07) is 12.2. The third-order valence-electron chi connectivity index (χ3n) is 5.80. The van der Waals surface area contributed by atoms with E-state index in [9.17, 15) is 14.0 Å². The van der Waals surface area contributed by atoms with Crippen LogP contribution in [-0.4, -0.2) is 36.7 Å². The Bertz CT molecular complexity index is 1720. The molecular formula is C28H27FN8O3. The second-order valence-electron chi connectivity index (χ2n) is 10.0. The van der Waals surface area contributed by atoms with Gasteiger partial charge in [-0.1, -0.05) is 6.07 Å². The number of ether oxygens (including phenoxy) is 1. The number of benzene rings is 2. The highest BCUT2D eigenvalue weighted by Gasteiger charge is 2.21. The minimum Gasteiger partial charge on any atom is -0.457 e. The van der Waals surface area contributed by atoms with Crippen LogP contribution in [0, 0.1) is 5.82 Å². The zero-order chi connectivity index (χ0) is 28.4. The molecule has 12 heteroatoms. The molecule has 0 radical (unpaired) electrons. The highest BCUT2D eigenvalue weighted by Crippen LogP contribution is 2.31. The number of nitrogens with one attached hydrogen (secondary N) is 4. The molecule has 3 aromatic heterocycles. The average Bonchev–Trinajstić information content (AvgIpc) is 3.52. The van der Waals surface area contributed by atoms with Crippen molar-refractivity contribution in [2.24, 2.45) is 0 Å². The van der Waals surface area contributed by atoms with Crippen LogP contribution < -0.4 is 20.7 Å². The van der Waals surface area contributed by atoms with E-state index in [1.807, 2.05) is 39.0 Å². The SMILES string of the molecule is CC(=O)Nc1cc(Oc2ccc(NC(=O)Nc3cn(C(C)(C)C)nc3-c3ccc4[nH]cnc4c3)c(F)c2)ccn1. The Morgan fingerprint density at radius 1 is 0.950 bits per heavy atom. The van der Waals surface area contributed by atoms with Crippen molar-refractivity contribution in [3.63, 3.8) is 0 Å². The Kier molecular flexibility index (Phi) is 6.91. The summed E-state index contributed by atoms with van der Waals surface area (Å²) in [4.78, 5) is 35.6. The molecule has 0 fully saturated rings. The molecule has 2 aromatic carbocycles. The van der Waals surface area contributed by atoms with Gasteiger partial charge in [-0.05, 0) is 51.1 Å². The Hall–Kier alpha value is -5.26. The molecule has 0 aliphatic heterocycles. The minimum atomic E-state index is -0.696. The van der Waals surface area contributed by atoms with Gasteiger partial charge in [0.2, 0.25) is 5.91 Å². The van der Waals surface area contributed by atoms with E-state index >= 15 is 0 Å². The van der Waals surface area contributed by atoms with Crippen LogP contribution in [0.3, 0.4) is 0 Å².